The molecule has 0 saturated heterocycles. The van der Waals surface area contributed by atoms with Crippen molar-refractivity contribution in [2.24, 2.45) is 0 Å². The molecule has 0 heterocycles. The van der Waals surface area contributed by atoms with Crippen molar-refractivity contribution in [3.63, 3.8) is 0 Å². The molecule has 1 aromatic carbocycles. The van der Waals surface area contributed by atoms with Crippen LogP contribution in [0.5, 0.6) is 0 Å². The van der Waals surface area contributed by atoms with Crippen LogP contribution in [0, 0.1) is 12.7 Å². The number of hydrogen-bond donors (Lipinski definition) is 1. The maximum atomic E-state index is 12.9. The van der Waals surface area contributed by atoms with Gasteiger partial charge in [0.15, 0.2) is 0 Å². The van der Waals surface area contributed by atoms with Gasteiger partial charge in [-0.25, -0.2) is 13.2 Å². The number of halogens is 3. The molecule has 0 saturated carbocycles. The zero-order valence-electron chi connectivity index (χ0n) is 8.73. The first-order valence-corrected chi connectivity index (χ1v) is 4.83. The van der Waals surface area contributed by atoms with Gasteiger partial charge in [-0.1, -0.05) is 19.1 Å². The van der Waals surface area contributed by atoms with Gasteiger partial charge in [0.2, 0.25) is 0 Å². The molecule has 1 aromatic rings. The first-order chi connectivity index (χ1) is 7.06. The molecule has 1 nitrogen and oxygen atoms in total. The second-order valence-corrected chi connectivity index (χ2v) is 3.38. The molecule has 4 heteroatoms. The van der Waals surface area contributed by atoms with E-state index in [1.165, 1.54) is 18.2 Å². The minimum absolute atomic E-state index is 0.372. The van der Waals surface area contributed by atoms with Gasteiger partial charge in [0.05, 0.1) is 6.04 Å². The van der Waals surface area contributed by atoms with Crippen LogP contribution in [0.25, 0.3) is 0 Å². The summed E-state index contributed by atoms with van der Waals surface area (Å²) in [7, 11) is 0. The normalized spacial score (nSPS) is 13.2. The number of rotatable bonds is 4. The Morgan fingerprint density at radius 2 is 2.00 bits per heavy atom. The third-order valence-corrected chi connectivity index (χ3v) is 2.22. The van der Waals surface area contributed by atoms with Crippen molar-refractivity contribution < 1.29 is 13.2 Å². The first kappa shape index (κ1) is 12.0. The second-order valence-electron chi connectivity index (χ2n) is 3.38. The zero-order chi connectivity index (χ0) is 11.4. The molecule has 0 aliphatic rings. The lowest BCUT2D eigenvalue weighted by Crippen LogP contribution is -2.27. The van der Waals surface area contributed by atoms with Crippen LogP contribution >= 0.6 is 0 Å². The predicted molar refractivity (Wildman–Crippen MR) is 53.6 cm³/mol. The quantitative estimate of drug-likeness (QED) is 0.817. The third kappa shape index (κ3) is 2.96. The Labute approximate surface area is 87.3 Å². The van der Waals surface area contributed by atoms with Crippen molar-refractivity contribution in [2.75, 3.05) is 6.54 Å². The predicted octanol–water partition coefficient (Wildman–Crippen LogP) is 3.05. The molecule has 0 spiro atoms. The largest absolute Gasteiger partial charge is 0.306 e. The van der Waals surface area contributed by atoms with Gasteiger partial charge in [0.25, 0.3) is 6.43 Å². The monoisotopic (exact) mass is 217 g/mol. The summed E-state index contributed by atoms with van der Waals surface area (Å²) in [5.74, 6) is -0.372. The number of aryl methyl sites for hydroxylation is 1. The van der Waals surface area contributed by atoms with Crippen molar-refractivity contribution in [3.8, 4) is 0 Å². The topological polar surface area (TPSA) is 12.0 Å². The average molecular weight is 217 g/mol. The van der Waals surface area contributed by atoms with Gasteiger partial charge in [-0.05, 0) is 30.7 Å². The Bertz CT molecular complexity index is 326. The van der Waals surface area contributed by atoms with Crippen molar-refractivity contribution in [1.82, 2.24) is 5.32 Å². The van der Waals surface area contributed by atoms with E-state index >= 15 is 0 Å². The van der Waals surface area contributed by atoms with Crippen LogP contribution in [0.3, 0.4) is 0 Å². The summed E-state index contributed by atoms with van der Waals surface area (Å²) in [5.41, 5.74) is 0.807. The van der Waals surface area contributed by atoms with Crippen molar-refractivity contribution >= 4 is 0 Å². The Morgan fingerprint density at radius 3 is 2.47 bits per heavy atom. The molecule has 0 radical (unpaired) electrons. The molecule has 1 atom stereocenters. The van der Waals surface area contributed by atoms with Gasteiger partial charge in [-0.15, -0.1) is 0 Å². The Hall–Kier alpha value is -1.03. The van der Waals surface area contributed by atoms with E-state index in [1.807, 2.05) is 0 Å². The molecule has 1 N–H and O–H groups in total. The summed E-state index contributed by atoms with van der Waals surface area (Å²) < 4.78 is 38.2. The third-order valence-electron chi connectivity index (χ3n) is 2.22. The molecule has 1 unspecified atom stereocenters. The molecule has 0 amide bonds. The SMILES string of the molecule is CCNC(c1ccc(F)c(C)c1)C(F)F. The van der Waals surface area contributed by atoms with Crippen LogP contribution in [0.15, 0.2) is 18.2 Å². The molecule has 0 aliphatic carbocycles. The van der Waals surface area contributed by atoms with Crippen molar-refractivity contribution in [2.45, 2.75) is 26.3 Å². The van der Waals surface area contributed by atoms with E-state index in [2.05, 4.69) is 5.32 Å². The summed E-state index contributed by atoms with van der Waals surface area (Å²) in [6.07, 6.45) is -2.49. The lowest BCUT2D eigenvalue weighted by molar-refractivity contribution is 0.0992. The standard InChI is InChI=1S/C11H14F3N/c1-3-15-10(11(13)14)8-4-5-9(12)7(2)6-8/h4-6,10-11,15H,3H2,1-2H3. The van der Waals surface area contributed by atoms with E-state index in [0.717, 1.165) is 0 Å². The van der Waals surface area contributed by atoms with E-state index < -0.39 is 12.5 Å². The Morgan fingerprint density at radius 1 is 1.33 bits per heavy atom. The first-order valence-electron chi connectivity index (χ1n) is 4.83. The molecule has 1 rings (SSSR count). The molecule has 0 aromatic heterocycles. The highest BCUT2D eigenvalue weighted by Gasteiger charge is 2.21. The van der Waals surface area contributed by atoms with Crippen LogP contribution in [-0.4, -0.2) is 13.0 Å². The van der Waals surface area contributed by atoms with E-state index in [4.69, 9.17) is 0 Å². The Kier molecular flexibility index (Phi) is 4.15. The van der Waals surface area contributed by atoms with Gasteiger partial charge in [0.1, 0.15) is 5.82 Å². The van der Waals surface area contributed by atoms with E-state index in [0.29, 0.717) is 17.7 Å². The minimum Gasteiger partial charge on any atom is -0.306 e. The van der Waals surface area contributed by atoms with Crippen molar-refractivity contribution in [1.29, 1.82) is 0 Å². The molecule has 0 fully saturated rings. The average Bonchev–Trinajstić information content (AvgIpc) is 2.18. The lowest BCUT2D eigenvalue weighted by atomic mass is 10.0. The summed E-state index contributed by atoms with van der Waals surface area (Å²) in [4.78, 5) is 0. The highest BCUT2D eigenvalue weighted by molar-refractivity contribution is 5.26. The van der Waals surface area contributed by atoms with Crippen LogP contribution in [0.1, 0.15) is 24.1 Å². The highest BCUT2D eigenvalue weighted by Crippen LogP contribution is 2.22. The summed E-state index contributed by atoms with van der Waals surface area (Å²) in [6.45, 7) is 3.77. The number of benzene rings is 1. The fourth-order valence-corrected chi connectivity index (χ4v) is 1.43. The second kappa shape index (κ2) is 5.16. The molecule has 0 aliphatic heterocycles. The highest BCUT2D eigenvalue weighted by atomic mass is 19.3. The molecule has 0 bridgehead atoms. The smallest absolute Gasteiger partial charge is 0.257 e. The number of nitrogens with one attached hydrogen (secondary N) is 1. The maximum absolute atomic E-state index is 12.9. The van der Waals surface area contributed by atoms with Gasteiger partial charge >= 0.3 is 0 Å². The fourth-order valence-electron chi connectivity index (χ4n) is 1.43. The van der Waals surface area contributed by atoms with E-state index in [-0.39, 0.29) is 5.82 Å². The van der Waals surface area contributed by atoms with E-state index in [1.54, 1.807) is 13.8 Å². The van der Waals surface area contributed by atoms with E-state index in [9.17, 15) is 13.2 Å². The zero-order valence-corrected chi connectivity index (χ0v) is 8.73. The lowest BCUT2D eigenvalue weighted by Gasteiger charge is -2.17. The van der Waals surface area contributed by atoms with Crippen molar-refractivity contribution in [3.05, 3.63) is 35.1 Å². The summed E-state index contributed by atoms with van der Waals surface area (Å²) in [6, 6.07) is 3.04. The molecule has 15 heavy (non-hydrogen) atoms. The van der Waals surface area contributed by atoms with Gasteiger partial charge < -0.3 is 5.32 Å². The fraction of sp³-hybridized carbons (Fsp3) is 0.455. The summed E-state index contributed by atoms with van der Waals surface area (Å²) in [5, 5.41) is 2.67. The maximum Gasteiger partial charge on any atom is 0.257 e. The molecular weight excluding hydrogens is 203 g/mol. The molecule has 84 valence electrons. The molecular formula is C11H14F3N. The minimum atomic E-state index is -2.49. The van der Waals surface area contributed by atoms with Crippen LogP contribution in [0.2, 0.25) is 0 Å². The number of hydrogen-bond acceptors (Lipinski definition) is 1. The van der Waals surface area contributed by atoms with Gasteiger partial charge in [-0.2, -0.15) is 0 Å². The van der Waals surface area contributed by atoms with Crippen LogP contribution in [0.4, 0.5) is 13.2 Å². The Balaban J connectivity index is 2.95. The van der Waals surface area contributed by atoms with Gasteiger partial charge in [0, 0.05) is 0 Å². The summed E-state index contributed by atoms with van der Waals surface area (Å²) >= 11 is 0. The van der Waals surface area contributed by atoms with Crippen LogP contribution in [-0.2, 0) is 0 Å². The van der Waals surface area contributed by atoms with Gasteiger partial charge in [-0.3, -0.25) is 0 Å². The van der Waals surface area contributed by atoms with Crippen LogP contribution < -0.4 is 5.32 Å². The number of alkyl halides is 2.